The van der Waals surface area contributed by atoms with Crippen molar-refractivity contribution in [1.82, 2.24) is 5.43 Å². The molecule has 17 heavy (non-hydrogen) atoms. The summed E-state index contributed by atoms with van der Waals surface area (Å²) in [4.78, 5) is 11.5. The second-order valence-electron chi connectivity index (χ2n) is 4.94. The van der Waals surface area contributed by atoms with Crippen LogP contribution in [0.25, 0.3) is 0 Å². The Morgan fingerprint density at radius 2 is 1.76 bits per heavy atom. The van der Waals surface area contributed by atoms with E-state index >= 15 is 0 Å². The van der Waals surface area contributed by atoms with Crippen LogP contribution in [-0.2, 0) is 4.79 Å². The maximum absolute atomic E-state index is 11.5. The van der Waals surface area contributed by atoms with E-state index in [-0.39, 0.29) is 5.91 Å². The van der Waals surface area contributed by atoms with Crippen LogP contribution in [0, 0.1) is 0 Å². The summed E-state index contributed by atoms with van der Waals surface area (Å²) in [5, 5.41) is 4.28. The number of rotatable bonds is 5. The number of carbonyl (C=O) groups excluding carboxylic acids is 1. The number of carbonyl (C=O) groups is 1. The lowest BCUT2D eigenvalue weighted by Gasteiger charge is -2.10. The Kier molecular flexibility index (Phi) is 7.69. The number of unbranched alkanes of at least 4 members (excludes halogenated alkanes) is 2. The van der Waals surface area contributed by atoms with E-state index in [2.05, 4.69) is 17.5 Å². The highest BCUT2D eigenvalue weighted by molar-refractivity contribution is 5.86. The Labute approximate surface area is 105 Å². The summed E-state index contributed by atoms with van der Waals surface area (Å²) in [6.45, 7) is 2.15. The van der Waals surface area contributed by atoms with Gasteiger partial charge in [-0.1, -0.05) is 39.0 Å². The molecular weight excluding hydrogens is 212 g/mol. The molecule has 1 N–H and O–H groups in total. The first-order chi connectivity index (χ1) is 8.33. The van der Waals surface area contributed by atoms with Crippen LogP contribution in [0.2, 0.25) is 0 Å². The van der Waals surface area contributed by atoms with Gasteiger partial charge in [0.15, 0.2) is 0 Å². The molecule has 1 aliphatic carbocycles. The quantitative estimate of drug-likeness (QED) is 0.574. The van der Waals surface area contributed by atoms with Crippen LogP contribution in [0.4, 0.5) is 0 Å². The van der Waals surface area contributed by atoms with Crippen molar-refractivity contribution in [2.45, 2.75) is 77.6 Å². The molecule has 1 amide bonds. The number of nitrogens with one attached hydrogen (secondary N) is 1. The molecule has 0 aromatic carbocycles. The molecule has 0 heterocycles. The zero-order valence-electron chi connectivity index (χ0n) is 11.1. The van der Waals surface area contributed by atoms with E-state index in [0.717, 1.165) is 32.1 Å². The van der Waals surface area contributed by atoms with Crippen molar-refractivity contribution in [1.29, 1.82) is 0 Å². The van der Waals surface area contributed by atoms with E-state index in [1.54, 1.807) is 0 Å². The lowest BCUT2D eigenvalue weighted by molar-refractivity contribution is -0.121. The monoisotopic (exact) mass is 238 g/mol. The van der Waals surface area contributed by atoms with Gasteiger partial charge in [0, 0.05) is 12.1 Å². The van der Waals surface area contributed by atoms with Crippen molar-refractivity contribution in [2.24, 2.45) is 5.10 Å². The molecule has 98 valence electrons. The van der Waals surface area contributed by atoms with Crippen LogP contribution < -0.4 is 5.43 Å². The minimum Gasteiger partial charge on any atom is -0.273 e. The van der Waals surface area contributed by atoms with Crippen LogP contribution in [0.1, 0.15) is 77.6 Å². The van der Waals surface area contributed by atoms with E-state index in [4.69, 9.17) is 0 Å². The van der Waals surface area contributed by atoms with Crippen LogP contribution >= 0.6 is 0 Å². The Balaban J connectivity index is 2.22. The zero-order valence-corrected chi connectivity index (χ0v) is 11.1. The first kappa shape index (κ1) is 14.2. The zero-order chi connectivity index (χ0) is 12.3. The fourth-order valence-corrected chi connectivity index (χ4v) is 2.16. The molecule has 0 radical (unpaired) electrons. The second kappa shape index (κ2) is 9.20. The molecule has 0 aromatic heterocycles. The van der Waals surface area contributed by atoms with Gasteiger partial charge in [-0.25, -0.2) is 5.43 Å². The maximum Gasteiger partial charge on any atom is 0.240 e. The Morgan fingerprint density at radius 1 is 1.12 bits per heavy atom. The van der Waals surface area contributed by atoms with Gasteiger partial charge >= 0.3 is 0 Å². The third-order valence-corrected chi connectivity index (χ3v) is 3.28. The molecule has 1 aliphatic rings. The van der Waals surface area contributed by atoms with Crippen LogP contribution in [0.3, 0.4) is 0 Å². The van der Waals surface area contributed by atoms with E-state index in [1.807, 2.05) is 0 Å². The van der Waals surface area contributed by atoms with Gasteiger partial charge in [-0.05, 0) is 32.1 Å². The van der Waals surface area contributed by atoms with E-state index in [9.17, 15) is 4.79 Å². The summed E-state index contributed by atoms with van der Waals surface area (Å²) in [6.07, 6.45) is 12.4. The normalized spacial score (nSPS) is 17.1. The van der Waals surface area contributed by atoms with E-state index in [0.29, 0.717) is 6.42 Å². The van der Waals surface area contributed by atoms with Gasteiger partial charge in [-0.3, -0.25) is 4.79 Å². The SMILES string of the molecule is CCCCCC(=O)NN=C1CCCCCCC1. The van der Waals surface area contributed by atoms with Crippen molar-refractivity contribution in [3.8, 4) is 0 Å². The molecule has 1 fully saturated rings. The second-order valence-corrected chi connectivity index (χ2v) is 4.94. The highest BCUT2D eigenvalue weighted by atomic mass is 16.2. The highest BCUT2D eigenvalue weighted by Gasteiger charge is 2.05. The third-order valence-electron chi connectivity index (χ3n) is 3.28. The predicted molar refractivity (Wildman–Crippen MR) is 72.0 cm³/mol. The molecule has 0 unspecified atom stereocenters. The fraction of sp³-hybridized carbons (Fsp3) is 0.857. The van der Waals surface area contributed by atoms with E-state index < -0.39 is 0 Å². The number of hydrogen-bond donors (Lipinski definition) is 1. The topological polar surface area (TPSA) is 41.5 Å². The molecule has 1 saturated carbocycles. The largest absolute Gasteiger partial charge is 0.273 e. The van der Waals surface area contributed by atoms with Crippen LogP contribution in [0.15, 0.2) is 5.10 Å². The van der Waals surface area contributed by atoms with Gasteiger partial charge in [0.25, 0.3) is 0 Å². The van der Waals surface area contributed by atoms with Gasteiger partial charge in [0.2, 0.25) is 5.91 Å². The summed E-state index contributed by atoms with van der Waals surface area (Å²) < 4.78 is 0. The summed E-state index contributed by atoms with van der Waals surface area (Å²) in [5.74, 6) is 0.0769. The Bertz CT molecular complexity index is 239. The van der Waals surface area contributed by atoms with Gasteiger partial charge in [-0.15, -0.1) is 0 Å². The smallest absolute Gasteiger partial charge is 0.240 e. The van der Waals surface area contributed by atoms with Crippen LogP contribution in [-0.4, -0.2) is 11.6 Å². The molecule has 3 nitrogen and oxygen atoms in total. The lowest BCUT2D eigenvalue weighted by atomic mass is 9.99. The van der Waals surface area contributed by atoms with Crippen LogP contribution in [0.5, 0.6) is 0 Å². The molecule has 0 saturated heterocycles. The molecule has 0 aliphatic heterocycles. The van der Waals surface area contributed by atoms with Crippen molar-refractivity contribution in [3.05, 3.63) is 0 Å². The minimum atomic E-state index is 0.0769. The number of amides is 1. The molecule has 0 aromatic rings. The molecule has 0 spiro atoms. The first-order valence-corrected chi connectivity index (χ1v) is 7.17. The first-order valence-electron chi connectivity index (χ1n) is 7.17. The Morgan fingerprint density at radius 3 is 2.41 bits per heavy atom. The summed E-state index contributed by atoms with van der Waals surface area (Å²) in [7, 11) is 0. The van der Waals surface area contributed by atoms with Gasteiger partial charge in [-0.2, -0.15) is 5.10 Å². The fourth-order valence-electron chi connectivity index (χ4n) is 2.16. The summed E-state index contributed by atoms with van der Waals surface area (Å²) >= 11 is 0. The van der Waals surface area contributed by atoms with Crippen molar-refractivity contribution >= 4 is 11.6 Å². The van der Waals surface area contributed by atoms with E-state index in [1.165, 1.54) is 37.8 Å². The lowest BCUT2D eigenvalue weighted by Crippen LogP contribution is -2.19. The third kappa shape index (κ3) is 7.14. The summed E-state index contributed by atoms with van der Waals surface area (Å²) in [5.41, 5.74) is 3.90. The highest BCUT2D eigenvalue weighted by Crippen LogP contribution is 2.14. The van der Waals surface area contributed by atoms with Gasteiger partial charge in [0.1, 0.15) is 0 Å². The molecular formula is C14H26N2O. The van der Waals surface area contributed by atoms with Gasteiger partial charge in [0.05, 0.1) is 0 Å². The molecule has 3 heteroatoms. The number of nitrogens with zero attached hydrogens (tertiary/aromatic N) is 1. The standard InChI is InChI=1S/C14H26N2O/c1-2-3-7-12-14(17)16-15-13-10-8-5-4-6-9-11-13/h2-12H2,1H3,(H,16,17). The predicted octanol–water partition coefficient (Wildman–Crippen LogP) is 3.78. The van der Waals surface area contributed by atoms with Crippen molar-refractivity contribution < 1.29 is 4.79 Å². The molecule has 1 rings (SSSR count). The average Bonchev–Trinajstić information content (AvgIpc) is 2.28. The van der Waals surface area contributed by atoms with Crippen molar-refractivity contribution in [2.75, 3.05) is 0 Å². The summed E-state index contributed by atoms with van der Waals surface area (Å²) in [6, 6.07) is 0. The minimum absolute atomic E-state index is 0.0769. The van der Waals surface area contributed by atoms with Crippen molar-refractivity contribution in [3.63, 3.8) is 0 Å². The number of hydrogen-bond acceptors (Lipinski definition) is 2. The molecule has 0 atom stereocenters. The Hall–Kier alpha value is -0.860. The number of hydrazone groups is 1. The maximum atomic E-state index is 11.5. The van der Waals surface area contributed by atoms with Gasteiger partial charge < -0.3 is 0 Å². The average molecular weight is 238 g/mol. The molecule has 0 bridgehead atoms.